The molecule has 1 fully saturated rings. The monoisotopic (exact) mass is 707 g/mol. The lowest BCUT2D eigenvalue weighted by Gasteiger charge is -2.40. The molecule has 1 aromatic heterocycles. The maximum absolute atomic E-state index is 14.5. The van der Waals surface area contributed by atoms with Gasteiger partial charge < -0.3 is 15.1 Å². The van der Waals surface area contributed by atoms with Gasteiger partial charge in [0.1, 0.15) is 0 Å². The van der Waals surface area contributed by atoms with Crippen LogP contribution in [0.25, 0.3) is 5.69 Å². The van der Waals surface area contributed by atoms with Crippen LogP contribution in [0.1, 0.15) is 69.3 Å². The van der Waals surface area contributed by atoms with E-state index in [1.807, 2.05) is 30.3 Å². The summed E-state index contributed by atoms with van der Waals surface area (Å²) < 4.78 is 42.4. The predicted octanol–water partition coefficient (Wildman–Crippen LogP) is 6.52. The summed E-state index contributed by atoms with van der Waals surface area (Å²) in [5, 5.41) is 2.60. The van der Waals surface area contributed by atoms with Crippen molar-refractivity contribution in [2.24, 2.45) is 0 Å². The lowest BCUT2D eigenvalue weighted by atomic mass is 9.91. The molecule has 4 aromatic rings. The van der Waals surface area contributed by atoms with Gasteiger partial charge in [-0.3, -0.25) is 14.4 Å². The van der Waals surface area contributed by atoms with Gasteiger partial charge in [-0.05, 0) is 80.6 Å². The van der Waals surface area contributed by atoms with E-state index in [0.717, 1.165) is 30.9 Å². The zero-order chi connectivity index (χ0) is 33.5. The van der Waals surface area contributed by atoms with Crippen LogP contribution >= 0.6 is 15.9 Å². The van der Waals surface area contributed by atoms with Gasteiger partial charge in [-0.25, -0.2) is 9.55 Å². The highest BCUT2D eigenvalue weighted by Crippen LogP contribution is 2.37. The number of aromatic nitrogens is 2. The van der Waals surface area contributed by atoms with E-state index in [9.17, 15) is 27.6 Å². The SMILES string of the molecule is CNC(=O)c1ccc(-n2c(N(Cc3ccccc3)C3CCC3)nc3c(c2=O)CC(C)N(C(=O)c2ccc(Br)c(C(F)(F)F)c2)C3)cc1. The van der Waals surface area contributed by atoms with Crippen molar-refractivity contribution in [2.75, 3.05) is 11.9 Å². The van der Waals surface area contributed by atoms with Crippen molar-refractivity contribution in [1.82, 2.24) is 19.8 Å². The number of halogens is 4. The summed E-state index contributed by atoms with van der Waals surface area (Å²) in [6.07, 6.45) is -1.59. The van der Waals surface area contributed by atoms with Crippen molar-refractivity contribution in [3.63, 3.8) is 0 Å². The van der Waals surface area contributed by atoms with Gasteiger partial charge in [0.15, 0.2) is 0 Å². The van der Waals surface area contributed by atoms with Crippen LogP contribution in [-0.4, -0.2) is 45.4 Å². The molecule has 0 spiro atoms. The highest BCUT2D eigenvalue weighted by atomic mass is 79.9. The largest absolute Gasteiger partial charge is 0.417 e. The molecule has 1 N–H and O–H groups in total. The van der Waals surface area contributed by atoms with Gasteiger partial charge in [-0.1, -0.05) is 46.3 Å². The van der Waals surface area contributed by atoms with Crippen molar-refractivity contribution < 1.29 is 22.8 Å². The van der Waals surface area contributed by atoms with Crippen molar-refractivity contribution in [1.29, 1.82) is 0 Å². The number of benzene rings is 3. The smallest absolute Gasteiger partial charge is 0.355 e. The second kappa shape index (κ2) is 13.0. The maximum atomic E-state index is 14.5. The van der Waals surface area contributed by atoms with E-state index in [4.69, 9.17) is 4.98 Å². The number of hydrogen-bond acceptors (Lipinski definition) is 5. The number of nitrogens with zero attached hydrogens (tertiary/aromatic N) is 4. The Morgan fingerprint density at radius 1 is 1.02 bits per heavy atom. The first kappa shape index (κ1) is 32.5. The third kappa shape index (κ3) is 6.43. The second-order valence-corrected chi connectivity index (χ2v) is 12.8. The van der Waals surface area contributed by atoms with Crippen LogP contribution in [0.3, 0.4) is 0 Å². The Kier molecular flexibility index (Phi) is 8.97. The van der Waals surface area contributed by atoms with Gasteiger partial charge in [0, 0.05) is 46.8 Å². The van der Waals surface area contributed by atoms with Crippen LogP contribution in [0.2, 0.25) is 0 Å². The van der Waals surface area contributed by atoms with Crippen LogP contribution < -0.4 is 15.8 Å². The average molecular weight is 709 g/mol. The molecule has 1 aliphatic carbocycles. The molecular formula is C35H33BrF3N5O3. The molecule has 0 bridgehead atoms. The van der Waals surface area contributed by atoms with E-state index < -0.39 is 23.7 Å². The number of alkyl halides is 3. The predicted molar refractivity (Wildman–Crippen MR) is 176 cm³/mol. The third-order valence-electron chi connectivity index (χ3n) is 8.96. The molecule has 1 unspecified atom stereocenters. The molecule has 0 saturated heterocycles. The lowest BCUT2D eigenvalue weighted by molar-refractivity contribution is -0.138. The molecule has 6 rings (SSSR count). The first-order valence-electron chi connectivity index (χ1n) is 15.4. The highest BCUT2D eigenvalue weighted by Gasteiger charge is 2.37. The normalized spacial score (nSPS) is 16.3. The summed E-state index contributed by atoms with van der Waals surface area (Å²) in [4.78, 5) is 49.1. The third-order valence-corrected chi connectivity index (χ3v) is 9.65. The number of rotatable bonds is 7. The number of nitrogens with one attached hydrogen (secondary N) is 1. The molecule has 244 valence electrons. The van der Waals surface area contributed by atoms with E-state index in [2.05, 4.69) is 26.1 Å². The summed E-state index contributed by atoms with van der Waals surface area (Å²) in [5.41, 5.74) is 1.58. The fourth-order valence-corrected chi connectivity index (χ4v) is 6.60. The van der Waals surface area contributed by atoms with Crippen LogP contribution in [0.15, 0.2) is 82.1 Å². The summed E-state index contributed by atoms with van der Waals surface area (Å²) in [7, 11) is 1.55. The van der Waals surface area contributed by atoms with Crippen LogP contribution in [0, 0.1) is 0 Å². The zero-order valence-electron chi connectivity index (χ0n) is 25.9. The van der Waals surface area contributed by atoms with Gasteiger partial charge in [0.25, 0.3) is 17.4 Å². The Morgan fingerprint density at radius 2 is 1.70 bits per heavy atom. The van der Waals surface area contributed by atoms with Crippen molar-refractivity contribution in [2.45, 2.75) is 64.0 Å². The minimum absolute atomic E-state index is 0.0325. The Balaban J connectivity index is 1.46. The van der Waals surface area contributed by atoms with E-state index >= 15 is 0 Å². The van der Waals surface area contributed by atoms with Crippen molar-refractivity contribution >= 4 is 33.7 Å². The molecule has 0 radical (unpaired) electrons. The minimum atomic E-state index is -4.64. The molecule has 2 aliphatic rings. The number of amides is 2. The first-order chi connectivity index (χ1) is 22.5. The standard InChI is InChI=1S/C35H33BrF3N5O3/c1-21-17-27-30(20-42(21)32(46)24-13-16-29(36)28(18-24)35(37,38)39)41-34(43(25-9-6-10-25)19-22-7-4-3-5-8-22)44(33(27)47)26-14-11-23(12-15-26)31(45)40-2/h3-5,7-8,11-16,18,21,25H,6,9-10,17,19-20H2,1-2H3,(H,40,45). The van der Waals surface area contributed by atoms with Crippen LogP contribution in [0.4, 0.5) is 19.1 Å². The highest BCUT2D eigenvalue weighted by molar-refractivity contribution is 9.10. The summed E-state index contributed by atoms with van der Waals surface area (Å²) in [6, 6.07) is 19.7. The molecule has 8 nitrogen and oxygen atoms in total. The quantitative estimate of drug-likeness (QED) is 0.237. The van der Waals surface area contributed by atoms with Crippen molar-refractivity contribution in [3.8, 4) is 5.69 Å². The molecule has 3 aromatic carbocycles. The first-order valence-corrected chi connectivity index (χ1v) is 16.2. The topological polar surface area (TPSA) is 87.5 Å². The molecular weight excluding hydrogens is 675 g/mol. The number of hydrogen-bond donors (Lipinski definition) is 1. The molecule has 1 saturated carbocycles. The van der Waals surface area contributed by atoms with Gasteiger partial charge in [0.05, 0.1) is 23.5 Å². The van der Waals surface area contributed by atoms with Gasteiger partial charge in [-0.15, -0.1) is 0 Å². The number of anilines is 1. The maximum Gasteiger partial charge on any atom is 0.417 e. The van der Waals surface area contributed by atoms with Gasteiger partial charge in [-0.2, -0.15) is 13.2 Å². The van der Waals surface area contributed by atoms with E-state index in [0.29, 0.717) is 35.0 Å². The summed E-state index contributed by atoms with van der Waals surface area (Å²) >= 11 is 2.94. The Labute approximate surface area is 278 Å². The number of fused-ring (bicyclic) bond motifs is 1. The average Bonchev–Trinajstić information content (AvgIpc) is 3.03. The molecule has 1 aliphatic heterocycles. The van der Waals surface area contributed by atoms with E-state index in [-0.39, 0.29) is 40.5 Å². The summed E-state index contributed by atoms with van der Waals surface area (Å²) in [5.74, 6) is -0.405. The molecule has 2 amide bonds. The molecule has 2 heterocycles. The minimum Gasteiger partial charge on any atom is -0.355 e. The second-order valence-electron chi connectivity index (χ2n) is 12.0. The Hall–Kier alpha value is -4.45. The number of carbonyl (C=O) groups excluding carboxylic acids is 2. The number of carbonyl (C=O) groups is 2. The molecule has 47 heavy (non-hydrogen) atoms. The van der Waals surface area contributed by atoms with Gasteiger partial charge >= 0.3 is 6.18 Å². The summed E-state index contributed by atoms with van der Waals surface area (Å²) in [6.45, 7) is 2.23. The fourth-order valence-electron chi connectivity index (χ4n) is 6.13. The van der Waals surface area contributed by atoms with Crippen LogP contribution in [-0.2, 0) is 25.7 Å². The Bertz CT molecular complexity index is 1870. The molecule has 1 atom stereocenters. The fraction of sp³-hybridized carbons (Fsp3) is 0.314. The zero-order valence-corrected chi connectivity index (χ0v) is 27.4. The van der Waals surface area contributed by atoms with E-state index in [1.54, 1.807) is 42.8 Å². The molecule has 12 heteroatoms. The van der Waals surface area contributed by atoms with Crippen molar-refractivity contribution in [3.05, 3.63) is 121 Å². The van der Waals surface area contributed by atoms with E-state index in [1.165, 1.54) is 17.0 Å². The Morgan fingerprint density at radius 3 is 2.32 bits per heavy atom. The lowest BCUT2D eigenvalue weighted by Crippen LogP contribution is -2.48. The van der Waals surface area contributed by atoms with Gasteiger partial charge in [0.2, 0.25) is 5.95 Å². The van der Waals surface area contributed by atoms with Crippen LogP contribution in [0.5, 0.6) is 0 Å².